The van der Waals surface area contributed by atoms with Gasteiger partial charge >= 0.3 is 0 Å². The average molecular weight is 491 g/mol. The second kappa shape index (κ2) is 8.45. The Morgan fingerprint density at radius 3 is 2.25 bits per heavy atom. The van der Waals surface area contributed by atoms with E-state index in [1.165, 1.54) is 55.5 Å². The van der Waals surface area contributed by atoms with E-state index < -0.39 is 46.2 Å². The fraction of sp³-hybridized carbons (Fsp3) is 0.160. The van der Waals surface area contributed by atoms with Gasteiger partial charge in [-0.2, -0.15) is 0 Å². The molecule has 0 N–H and O–H groups in total. The molecule has 0 radical (unpaired) electrons. The molecule has 0 aromatic heterocycles. The van der Waals surface area contributed by atoms with Gasteiger partial charge in [-0.3, -0.25) is 29.4 Å². The molecule has 1 fully saturated rings. The quantitative estimate of drug-likeness (QED) is 0.224. The third-order valence-electron chi connectivity index (χ3n) is 6.33. The van der Waals surface area contributed by atoms with Crippen molar-refractivity contribution in [3.63, 3.8) is 0 Å². The summed E-state index contributed by atoms with van der Waals surface area (Å²) >= 11 is 0. The molecule has 0 spiro atoms. The van der Waals surface area contributed by atoms with E-state index in [0.29, 0.717) is 22.7 Å². The van der Waals surface area contributed by atoms with E-state index in [1.54, 1.807) is 18.2 Å². The summed E-state index contributed by atoms with van der Waals surface area (Å²) in [5.41, 5.74) is -0.284. The van der Waals surface area contributed by atoms with Gasteiger partial charge in [-0.1, -0.05) is 6.07 Å². The van der Waals surface area contributed by atoms with Crippen molar-refractivity contribution in [2.24, 2.45) is 0 Å². The number of hydrogen-bond donors (Lipinski definition) is 0. The molecule has 2 atom stereocenters. The molecule has 3 amide bonds. The minimum Gasteiger partial charge on any atom is -0.497 e. The zero-order chi connectivity index (χ0) is 25.7. The number of ether oxygens (including phenoxy) is 2. The molecule has 0 bridgehead atoms. The molecular formula is C25H18FN3O7. The molecule has 36 heavy (non-hydrogen) atoms. The summed E-state index contributed by atoms with van der Waals surface area (Å²) in [4.78, 5) is 53.1. The fourth-order valence-corrected chi connectivity index (χ4v) is 4.68. The molecule has 3 aromatic rings. The van der Waals surface area contributed by atoms with Crippen LogP contribution in [0.3, 0.4) is 0 Å². The van der Waals surface area contributed by atoms with Crippen molar-refractivity contribution in [1.82, 2.24) is 4.90 Å². The molecule has 182 valence electrons. The minimum absolute atomic E-state index is 0.154. The number of nitro benzene ring substituents is 1. The number of anilines is 1. The van der Waals surface area contributed by atoms with Crippen LogP contribution in [0.2, 0.25) is 0 Å². The number of β-lactam (4-membered cyclic amide) rings is 1. The summed E-state index contributed by atoms with van der Waals surface area (Å²) in [6.07, 6.45) is 0. The molecule has 3 aromatic carbocycles. The van der Waals surface area contributed by atoms with Gasteiger partial charge in [0.1, 0.15) is 28.9 Å². The van der Waals surface area contributed by atoms with Crippen molar-refractivity contribution in [3.05, 3.63) is 93.3 Å². The predicted molar refractivity (Wildman–Crippen MR) is 124 cm³/mol. The Hall–Kier alpha value is -4.80. The van der Waals surface area contributed by atoms with Crippen LogP contribution in [0, 0.1) is 15.9 Å². The van der Waals surface area contributed by atoms with Crippen LogP contribution in [0.1, 0.15) is 32.3 Å². The fourth-order valence-electron chi connectivity index (χ4n) is 4.68. The van der Waals surface area contributed by atoms with Crippen LogP contribution >= 0.6 is 0 Å². The van der Waals surface area contributed by atoms with Gasteiger partial charge in [0.2, 0.25) is 0 Å². The summed E-state index contributed by atoms with van der Waals surface area (Å²) in [6, 6.07) is 11.5. The number of carbonyl (C=O) groups is 3. The van der Waals surface area contributed by atoms with Crippen molar-refractivity contribution < 1.29 is 33.2 Å². The summed E-state index contributed by atoms with van der Waals surface area (Å²) in [7, 11) is 2.88. The van der Waals surface area contributed by atoms with Crippen LogP contribution in [0.15, 0.2) is 60.7 Å². The predicted octanol–water partition coefficient (Wildman–Crippen LogP) is 3.50. The van der Waals surface area contributed by atoms with Crippen LogP contribution in [0.25, 0.3) is 0 Å². The second-order valence-electron chi connectivity index (χ2n) is 8.12. The molecule has 11 heteroatoms. The highest BCUT2D eigenvalue weighted by atomic mass is 19.1. The summed E-state index contributed by atoms with van der Waals surface area (Å²) in [5, 5.41) is 11.5. The van der Waals surface area contributed by atoms with Crippen LogP contribution in [-0.4, -0.2) is 47.8 Å². The number of nitro groups is 1. The summed E-state index contributed by atoms with van der Waals surface area (Å²) in [6.45, 7) is 0. The van der Waals surface area contributed by atoms with Gasteiger partial charge in [0, 0.05) is 17.3 Å². The highest BCUT2D eigenvalue weighted by Crippen LogP contribution is 2.48. The van der Waals surface area contributed by atoms with E-state index in [0.717, 1.165) is 11.0 Å². The Bertz CT molecular complexity index is 1440. The van der Waals surface area contributed by atoms with E-state index in [2.05, 4.69) is 0 Å². The summed E-state index contributed by atoms with van der Waals surface area (Å²) < 4.78 is 24.4. The zero-order valence-electron chi connectivity index (χ0n) is 19.0. The molecule has 0 unspecified atom stereocenters. The number of carbonyl (C=O) groups excluding carboxylic acids is 3. The third-order valence-corrected chi connectivity index (χ3v) is 6.33. The molecule has 2 aliphatic rings. The number of hydrogen-bond acceptors (Lipinski definition) is 7. The topological polar surface area (TPSA) is 119 Å². The van der Waals surface area contributed by atoms with Crippen LogP contribution in [-0.2, 0) is 4.79 Å². The van der Waals surface area contributed by atoms with Crippen molar-refractivity contribution in [1.29, 1.82) is 0 Å². The minimum atomic E-state index is -1.33. The van der Waals surface area contributed by atoms with E-state index in [9.17, 15) is 28.9 Å². The van der Waals surface area contributed by atoms with E-state index in [4.69, 9.17) is 9.47 Å². The molecule has 2 aliphatic heterocycles. The third kappa shape index (κ3) is 3.28. The molecule has 10 nitrogen and oxygen atoms in total. The maximum atomic E-state index is 13.6. The normalized spacial score (nSPS) is 18.7. The zero-order valence-corrected chi connectivity index (χ0v) is 19.0. The number of benzene rings is 3. The van der Waals surface area contributed by atoms with Crippen LogP contribution in [0.5, 0.6) is 11.5 Å². The lowest BCUT2D eigenvalue weighted by Crippen LogP contribution is -2.67. The number of rotatable bonds is 6. The monoisotopic (exact) mass is 491 g/mol. The van der Waals surface area contributed by atoms with Crippen molar-refractivity contribution in [2.75, 3.05) is 19.1 Å². The molecule has 5 rings (SSSR count). The van der Waals surface area contributed by atoms with Gasteiger partial charge in [-0.25, -0.2) is 4.39 Å². The Morgan fingerprint density at radius 2 is 1.61 bits per heavy atom. The molecular weight excluding hydrogens is 473 g/mol. The lowest BCUT2D eigenvalue weighted by Gasteiger charge is -2.50. The number of imide groups is 1. The molecule has 2 heterocycles. The Balaban J connectivity index is 1.66. The van der Waals surface area contributed by atoms with E-state index in [1.807, 2.05) is 0 Å². The lowest BCUT2D eigenvalue weighted by atomic mass is 9.85. The standard InChI is InChI=1S/C25H18FN3O7/c1-35-15-10-11-19(36-2)17(12-15)21-22(25(32)27(21)14-8-6-13(26)7-9-14)28-23(30)16-4-3-5-18(29(33)34)20(16)24(28)31/h3-12,21-22H,1-2H3/t21-,22-/m0/s1. The lowest BCUT2D eigenvalue weighted by molar-refractivity contribution is -0.385. The maximum Gasteiger partial charge on any atom is 0.282 e. The smallest absolute Gasteiger partial charge is 0.282 e. The molecule has 1 saturated heterocycles. The first-order chi connectivity index (χ1) is 17.3. The number of fused-ring (bicyclic) bond motifs is 1. The van der Waals surface area contributed by atoms with Crippen LogP contribution in [0.4, 0.5) is 15.8 Å². The summed E-state index contributed by atoms with van der Waals surface area (Å²) in [5.74, 6) is -2.09. The Morgan fingerprint density at radius 1 is 0.889 bits per heavy atom. The van der Waals surface area contributed by atoms with Gasteiger partial charge in [0.25, 0.3) is 23.4 Å². The van der Waals surface area contributed by atoms with Gasteiger partial charge in [0.05, 0.1) is 30.7 Å². The van der Waals surface area contributed by atoms with E-state index in [-0.39, 0.29) is 11.1 Å². The van der Waals surface area contributed by atoms with Crippen molar-refractivity contribution >= 4 is 29.1 Å². The first kappa shape index (κ1) is 23.0. The molecule has 0 saturated carbocycles. The number of methoxy groups -OCH3 is 2. The average Bonchev–Trinajstić information content (AvgIpc) is 3.13. The Kier molecular flexibility index (Phi) is 5.39. The Labute approximate surface area is 203 Å². The van der Waals surface area contributed by atoms with Crippen LogP contribution < -0.4 is 14.4 Å². The van der Waals surface area contributed by atoms with Gasteiger partial charge in [-0.15, -0.1) is 0 Å². The molecule has 0 aliphatic carbocycles. The van der Waals surface area contributed by atoms with Gasteiger partial charge in [0.15, 0.2) is 0 Å². The van der Waals surface area contributed by atoms with Gasteiger partial charge in [-0.05, 0) is 48.5 Å². The maximum absolute atomic E-state index is 13.6. The number of halogens is 1. The highest BCUT2D eigenvalue weighted by molar-refractivity contribution is 6.26. The SMILES string of the molecule is COc1ccc(OC)c([C@H]2[C@H](N3C(=O)c4cccc([N+](=O)[O-])c4C3=O)C(=O)N2c2ccc(F)cc2)c1. The first-order valence-corrected chi connectivity index (χ1v) is 10.7. The van der Waals surface area contributed by atoms with Crippen molar-refractivity contribution in [2.45, 2.75) is 12.1 Å². The second-order valence-corrected chi connectivity index (χ2v) is 8.12. The number of nitrogens with zero attached hydrogens (tertiary/aromatic N) is 3. The van der Waals surface area contributed by atoms with E-state index >= 15 is 0 Å². The largest absolute Gasteiger partial charge is 0.497 e. The van der Waals surface area contributed by atoms with Gasteiger partial charge < -0.3 is 14.4 Å². The first-order valence-electron chi connectivity index (χ1n) is 10.7. The number of amides is 3. The highest BCUT2D eigenvalue weighted by Gasteiger charge is 2.59. The van der Waals surface area contributed by atoms with Crippen molar-refractivity contribution in [3.8, 4) is 11.5 Å².